The average Bonchev–Trinajstić information content (AvgIpc) is 2.95. The number of hydrogen-bond donors (Lipinski definition) is 1. The Kier molecular flexibility index (Phi) is 6.56. The first-order chi connectivity index (χ1) is 19.3. The summed E-state index contributed by atoms with van der Waals surface area (Å²) in [5, 5.41) is 3.14. The Morgan fingerprint density at radius 2 is 1.80 bits per heavy atom. The molecular weight excluding hydrogens is 504 g/mol. The topological polar surface area (TPSA) is 74.3 Å². The molecule has 2 saturated heterocycles. The summed E-state index contributed by atoms with van der Waals surface area (Å²) in [6.45, 7) is 11.5. The van der Waals surface area contributed by atoms with Crippen LogP contribution >= 0.6 is 0 Å². The molecule has 6 rings (SSSR count). The van der Waals surface area contributed by atoms with Crippen LogP contribution in [0.1, 0.15) is 53.4 Å². The fourth-order valence-corrected chi connectivity index (χ4v) is 6.21. The molecule has 3 heterocycles. The lowest BCUT2D eigenvalue weighted by molar-refractivity contribution is 0.0343. The zero-order valence-corrected chi connectivity index (χ0v) is 23.6. The Bertz CT molecular complexity index is 1470. The molecule has 3 aromatic carbocycles. The van der Waals surface area contributed by atoms with Crippen LogP contribution in [0.3, 0.4) is 0 Å². The highest BCUT2D eigenvalue weighted by Gasteiger charge is 2.50. The third kappa shape index (κ3) is 4.41. The first-order valence-electron chi connectivity index (χ1n) is 14.0. The molecule has 208 valence electrons. The summed E-state index contributed by atoms with van der Waals surface area (Å²) in [7, 11) is 0. The molecule has 3 amide bonds. The molecule has 0 spiro atoms. The molecule has 2 atom stereocenters. The number of urea groups is 1. The molecule has 2 fully saturated rings. The van der Waals surface area contributed by atoms with Crippen LogP contribution in [0.4, 0.5) is 16.2 Å². The van der Waals surface area contributed by atoms with E-state index in [1.165, 1.54) is 16.8 Å². The minimum Gasteiger partial charge on any atom is -0.490 e. The molecule has 0 aliphatic carbocycles. The number of nitrogens with one attached hydrogen (secondary N) is 1. The smallest absolute Gasteiger partial charge is 0.325 e. The van der Waals surface area contributed by atoms with Crippen LogP contribution in [0, 0.1) is 13.8 Å². The highest BCUT2D eigenvalue weighted by Crippen LogP contribution is 2.49. The van der Waals surface area contributed by atoms with E-state index in [0.717, 1.165) is 18.7 Å². The molecule has 3 aromatic rings. The normalized spacial score (nSPS) is 21.9. The van der Waals surface area contributed by atoms with Crippen molar-refractivity contribution in [2.24, 2.45) is 0 Å². The van der Waals surface area contributed by atoms with Gasteiger partial charge >= 0.3 is 6.03 Å². The number of hydrogen-bond acceptors (Lipinski definition) is 5. The number of carbonyl (C=O) groups is 2. The molecule has 8 nitrogen and oxygen atoms in total. The van der Waals surface area contributed by atoms with Gasteiger partial charge in [-0.05, 0) is 69.2 Å². The standard InChI is InChI=1S/C32H36N4O4/c1-5-39-28-14-8-12-25-26-20-32(4,40-29(25)28)36(31(38)33-26)24-11-7-10-23(19-24)30(37)35-17-15-34(16-18-35)27-13-6-9-21(2)22(27)3/h6-14,19,26H,5,15-18,20H2,1-4H3,(H,33,38)/t26-,32+/m1/s1. The quantitative estimate of drug-likeness (QED) is 0.467. The van der Waals surface area contributed by atoms with E-state index in [1.54, 1.807) is 11.0 Å². The monoisotopic (exact) mass is 540 g/mol. The molecule has 40 heavy (non-hydrogen) atoms. The second-order valence-corrected chi connectivity index (χ2v) is 11.0. The van der Waals surface area contributed by atoms with Gasteiger partial charge in [-0.2, -0.15) is 0 Å². The molecule has 8 heteroatoms. The number of piperazine rings is 1. The van der Waals surface area contributed by atoms with Gasteiger partial charge in [0.2, 0.25) is 0 Å². The molecule has 0 unspecified atom stereocenters. The van der Waals surface area contributed by atoms with E-state index in [-0.39, 0.29) is 18.0 Å². The third-order valence-electron chi connectivity index (χ3n) is 8.40. The number of fused-ring (bicyclic) bond motifs is 4. The number of carbonyl (C=O) groups excluding carboxylic acids is 2. The van der Waals surface area contributed by atoms with Gasteiger partial charge in [-0.3, -0.25) is 9.69 Å². The predicted molar refractivity (Wildman–Crippen MR) is 155 cm³/mol. The van der Waals surface area contributed by atoms with Gasteiger partial charge in [-0.15, -0.1) is 0 Å². The van der Waals surface area contributed by atoms with Gasteiger partial charge in [-0.25, -0.2) is 4.79 Å². The lowest BCUT2D eigenvalue weighted by Crippen LogP contribution is -2.65. The SMILES string of the molecule is CCOc1cccc2c1O[C@@]1(C)C[C@H]2NC(=O)N1c1cccc(C(=O)N2CCN(c3cccc(C)c3C)CC2)c1. The van der Waals surface area contributed by atoms with Crippen LogP contribution in [0.2, 0.25) is 0 Å². The van der Waals surface area contributed by atoms with Gasteiger partial charge in [0.25, 0.3) is 5.91 Å². The summed E-state index contributed by atoms with van der Waals surface area (Å²) in [6.07, 6.45) is 0.569. The van der Waals surface area contributed by atoms with E-state index in [0.29, 0.717) is 48.9 Å². The fourth-order valence-electron chi connectivity index (χ4n) is 6.21. The number of ether oxygens (including phenoxy) is 2. The molecular formula is C32H36N4O4. The van der Waals surface area contributed by atoms with Crippen molar-refractivity contribution in [3.8, 4) is 11.5 Å². The van der Waals surface area contributed by atoms with Gasteiger partial charge < -0.3 is 24.6 Å². The average molecular weight is 541 g/mol. The number of para-hydroxylation sites is 1. The Balaban J connectivity index is 1.22. The van der Waals surface area contributed by atoms with Crippen molar-refractivity contribution < 1.29 is 19.1 Å². The number of nitrogens with zero attached hydrogens (tertiary/aromatic N) is 3. The highest BCUT2D eigenvalue weighted by molar-refractivity contribution is 5.99. The Hall–Kier alpha value is -4.20. The predicted octanol–water partition coefficient (Wildman–Crippen LogP) is 5.43. The molecule has 3 aliphatic heterocycles. The molecule has 0 aromatic heterocycles. The summed E-state index contributed by atoms with van der Waals surface area (Å²) in [5.74, 6) is 1.29. The summed E-state index contributed by atoms with van der Waals surface area (Å²) >= 11 is 0. The largest absolute Gasteiger partial charge is 0.490 e. The second kappa shape index (κ2) is 10.1. The zero-order valence-electron chi connectivity index (χ0n) is 23.6. The lowest BCUT2D eigenvalue weighted by atomic mass is 9.89. The van der Waals surface area contributed by atoms with Crippen molar-refractivity contribution >= 4 is 23.3 Å². The maximum atomic E-state index is 13.6. The van der Waals surface area contributed by atoms with E-state index < -0.39 is 5.72 Å². The van der Waals surface area contributed by atoms with Crippen molar-refractivity contribution in [3.05, 3.63) is 82.9 Å². The number of benzene rings is 3. The van der Waals surface area contributed by atoms with E-state index in [9.17, 15) is 9.59 Å². The van der Waals surface area contributed by atoms with Crippen LogP contribution in [-0.2, 0) is 0 Å². The van der Waals surface area contributed by atoms with Crippen molar-refractivity contribution in [1.29, 1.82) is 0 Å². The summed E-state index contributed by atoms with van der Waals surface area (Å²) in [5.41, 5.74) is 4.95. The number of amides is 3. The number of aryl methyl sites for hydroxylation is 1. The minimum absolute atomic E-state index is 0.0311. The van der Waals surface area contributed by atoms with Crippen molar-refractivity contribution in [3.63, 3.8) is 0 Å². The van der Waals surface area contributed by atoms with E-state index >= 15 is 0 Å². The number of rotatable bonds is 5. The van der Waals surface area contributed by atoms with Crippen LogP contribution in [0.5, 0.6) is 11.5 Å². The Morgan fingerprint density at radius 1 is 1.05 bits per heavy atom. The van der Waals surface area contributed by atoms with Gasteiger partial charge in [0.05, 0.1) is 18.3 Å². The van der Waals surface area contributed by atoms with Gasteiger partial charge in [0.15, 0.2) is 17.2 Å². The van der Waals surface area contributed by atoms with Crippen LogP contribution < -0.4 is 24.6 Å². The first-order valence-corrected chi connectivity index (χ1v) is 14.0. The molecule has 0 saturated carbocycles. The van der Waals surface area contributed by atoms with E-state index in [2.05, 4.69) is 42.3 Å². The van der Waals surface area contributed by atoms with Gasteiger partial charge in [0.1, 0.15) is 0 Å². The van der Waals surface area contributed by atoms with E-state index in [4.69, 9.17) is 9.47 Å². The first kappa shape index (κ1) is 26.0. The highest BCUT2D eigenvalue weighted by atomic mass is 16.5. The van der Waals surface area contributed by atoms with Crippen molar-refractivity contribution in [1.82, 2.24) is 10.2 Å². The van der Waals surface area contributed by atoms with Crippen LogP contribution in [0.25, 0.3) is 0 Å². The van der Waals surface area contributed by atoms with Crippen molar-refractivity contribution in [2.45, 2.75) is 45.9 Å². The number of anilines is 2. The molecule has 2 bridgehead atoms. The van der Waals surface area contributed by atoms with Gasteiger partial charge in [0, 0.05) is 49.4 Å². The maximum absolute atomic E-state index is 13.6. The summed E-state index contributed by atoms with van der Waals surface area (Å²) in [6, 6.07) is 19.0. The third-order valence-corrected chi connectivity index (χ3v) is 8.40. The van der Waals surface area contributed by atoms with Gasteiger partial charge in [-0.1, -0.05) is 30.3 Å². The lowest BCUT2D eigenvalue weighted by Gasteiger charge is -2.50. The second-order valence-electron chi connectivity index (χ2n) is 11.0. The fraction of sp³-hybridized carbons (Fsp3) is 0.375. The Labute approximate surface area is 235 Å². The minimum atomic E-state index is -0.938. The van der Waals surface area contributed by atoms with E-state index in [1.807, 2.05) is 55.1 Å². The zero-order chi connectivity index (χ0) is 28.0. The Morgan fingerprint density at radius 3 is 2.58 bits per heavy atom. The molecule has 1 N–H and O–H groups in total. The summed E-state index contributed by atoms with van der Waals surface area (Å²) in [4.78, 5) is 32.9. The van der Waals surface area contributed by atoms with Crippen molar-refractivity contribution in [2.75, 3.05) is 42.6 Å². The van der Waals surface area contributed by atoms with Crippen LogP contribution in [0.15, 0.2) is 60.7 Å². The maximum Gasteiger partial charge on any atom is 0.325 e. The van der Waals surface area contributed by atoms with Crippen LogP contribution in [-0.4, -0.2) is 55.3 Å². The molecule has 3 aliphatic rings. The molecule has 0 radical (unpaired) electrons. The summed E-state index contributed by atoms with van der Waals surface area (Å²) < 4.78 is 12.4.